The van der Waals surface area contributed by atoms with Gasteiger partial charge in [-0.15, -0.1) is 11.6 Å². The molecule has 13 heavy (non-hydrogen) atoms. The van der Waals surface area contributed by atoms with Crippen LogP contribution in [0.1, 0.15) is 12.6 Å². The molecule has 0 N–H and O–H groups in total. The Morgan fingerprint density at radius 2 is 2.38 bits per heavy atom. The topological polar surface area (TPSA) is 27.1 Å². The Labute approximate surface area is 83.6 Å². The highest BCUT2D eigenvalue weighted by Gasteiger charge is 2.11. The molecular formula is C9H15ClN2O. The van der Waals surface area contributed by atoms with Crippen LogP contribution in [-0.4, -0.2) is 22.8 Å². The lowest BCUT2D eigenvalue weighted by atomic mass is 10.1. The number of aromatic nitrogens is 2. The van der Waals surface area contributed by atoms with Crippen molar-refractivity contribution in [1.29, 1.82) is 0 Å². The zero-order chi connectivity index (χ0) is 9.84. The van der Waals surface area contributed by atoms with E-state index in [0.29, 0.717) is 11.8 Å². The number of methoxy groups -OCH3 is 1. The molecule has 0 saturated carbocycles. The Hall–Kier alpha value is -0.700. The number of ether oxygens (including phenoxy) is 1. The summed E-state index contributed by atoms with van der Waals surface area (Å²) in [5.41, 5.74) is 1.11. The smallest absolute Gasteiger partial charge is 0.159 e. The number of alkyl halides is 1. The number of nitrogens with zero attached hydrogens (tertiary/aromatic N) is 2. The molecule has 1 unspecified atom stereocenters. The molecule has 0 radical (unpaired) electrons. The molecule has 3 nitrogen and oxygen atoms in total. The molecule has 0 bridgehead atoms. The minimum atomic E-state index is 0.450. The van der Waals surface area contributed by atoms with Crippen molar-refractivity contribution >= 4 is 11.6 Å². The van der Waals surface area contributed by atoms with E-state index in [4.69, 9.17) is 16.3 Å². The fourth-order valence-corrected chi connectivity index (χ4v) is 1.34. The molecule has 0 aliphatic rings. The summed E-state index contributed by atoms with van der Waals surface area (Å²) in [7, 11) is 3.57. The molecule has 0 amide bonds. The van der Waals surface area contributed by atoms with Gasteiger partial charge in [0.1, 0.15) is 0 Å². The van der Waals surface area contributed by atoms with Crippen molar-refractivity contribution in [3.05, 3.63) is 11.9 Å². The van der Waals surface area contributed by atoms with Crippen LogP contribution in [0.25, 0.3) is 0 Å². The zero-order valence-corrected chi connectivity index (χ0v) is 9.01. The summed E-state index contributed by atoms with van der Waals surface area (Å²) < 4.78 is 7.02. The van der Waals surface area contributed by atoms with Gasteiger partial charge in [-0.25, -0.2) is 0 Å². The first-order chi connectivity index (χ1) is 6.19. The minimum Gasteiger partial charge on any atom is -0.493 e. The molecule has 1 aromatic heterocycles. The van der Waals surface area contributed by atoms with Gasteiger partial charge in [-0.1, -0.05) is 6.92 Å². The Morgan fingerprint density at radius 1 is 1.69 bits per heavy atom. The molecule has 0 fully saturated rings. The highest BCUT2D eigenvalue weighted by atomic mass is 35.5. The lowest BCUT2D eigenvalue weighted by Crippen LogP contribution is -2.07. The second-order valence-corrected chi connectivity index (χ2v) is 3.56. The van der Waals surface area contributed by atoms with Crippen LogP contribution in [0.15, 0.2) is 6.20 Å². The van der Waals surface area contributed by atoms with Crippen molar-refractivity contribution in [2.24, 2.45) is 13.0 Å². The third-order valence-corrected chi connectivity index (χ3v) is 2.58. The fourth-order valence-electron chi connectivity index (χ4n) is 1.23. The second kappa shape index (κ2) is 4.51. The maximum atomic E-state index is 5.75. The molecule has 0 spiro atoms. The first kappa shape index (κ1) is 10.4. The summed E-state index contributed by atoms with van der Waals surface area (Å²) in [6.07, 6.45) is 2.64. The number of rotatable bonds is 4. The highest BCUT2D eigenvalue weighted by molar-refractivity contribution is 6.18. The second-order valence-electron chi connectivity index (χ2n) is 3.25. The van der Waals surface area contributed by atoms with E-state index in [0.717, 1.165) is 17.9 Å². The van der Waals surface area contributed by atoms with Gasteiger partial charge in [-0.2, -0.15) is 5.10 Å². The van der Waals surface area contributed by atoms with Gasteiger partial charge in [0, 0.05) is 12.9 Å². The Kier molecular flexibility index (Phi) is 3.60. The molecule has 1 heterocycles. The van der Waals surface area contributed by atoms with Crippen molar-refractivity contribution in [3.8, 4) is 5.75 Å². The van der Waals surface area contributed by atoms with Gasteiger partial charge in [0.2, 0.25) is 0 Å². The molecule has 4 heteroatoms. The standard InChI is InChI=1S/C9H15ClN2O/c1-7(5-10)4-8-9(13-3)6-11-12(8)2/h6-7H,4-5H2,1-3H3. The van der Waals surface area contributed by atoms with E-state index in [1.54, 1.807) is 13.3 Å². The number of aryl methyl sites for hydroxylation is 1. The number of halogens is 1. The first-order valence-corrected chi connectivity index (χ1v) is 4.83. The lowest BCUT2D eigenvalue weighted by Gasteiger charge is -2.09. The quantitative estimate of drug-likeness (QED) is 0.697. The molecule has 1 aromatic rings. The van der Waals surface area contributed by atoms with Crippen molar-refractivity contribution in [2.45, 2.75) is 13.3 Å². The summed E-state index contributed by atoms with van der Waals surface area (Å²) in [6, 6.07) is 0. The Balaban J connectivity index is 2.79. The molecule has 74 valence electrons. The SMILES string of the molecule is COc1cnn(C)c1CC(C)CCl. The maximum absolute atomic E-state index is 5.75. The van der Waals surface area contributed by atoms with Crippen molar-refractivity contribution < 1.29 is 4.74 Å². The molecule has 1 rings (SSSR count). The van der Waals surface area contributed by atoms with E-state index < -0.39 is 0 Å². The zero-order valence-electron chi connectivity index (χ0n) is 8.25. The molecule has 1 atom stereocenters. The van der Waals surface area contributed by atoms with E-state index in [-0.39, 0.29) is 0 Å². The van der Waals surface area contributed by atoms with Gasteiger partial charge in [-0.05, 0) is 12.3 Å². The molecular weight excluding hydrogens is 188 g/mol. The molecule has 0 aliphatic heterocycles. The van der Waals surface area contributed by atoms with Gasteiger partial charge in [0.25, 0.3) is 0 Å². The van der Waals surface area contributed by atoms with Crippen molar-refractivity contribution in [1.82, 2.24) is 9.78 Å². The van der Waals surface area contributed by atoms with E-state index in [2.05, 4.69) is 12.0 Å². The normalized spacial score (nSPS) is 12.9. The van der Waals surface area contributed by atoms with Crippen LogP contribution in [0.4, 0.5) is 0 Å². The summed E-state index contributed by atoms with van der Waals surface area (Å²) in [5, 5.41) is 4.12. The van der Waals surface area contributed by atoms with Gasteiger partial charge in [-0.3, -0.25) is 4.68 Å². The van der Waals surface area contributed by atoms with Crippen LogP contribution in [0, 0.1) is 5.92 Å². The van der Waals surface area contributed by atoms with Crippen LogP contribution >= 0.6 is 11.6 Å². The van der Waals surface area contributed by atoms with Crippen LogP contribution in [0.5, 0.6) is 5.75 Å². The first-order valence-electron chi connectivity index (χ1n) is 4.29. The van der Waals surface area contributed by atoms with E-state index in [1.165, 1.54) is 0 Å². The fraction of sp³-hybridized carbons (Fsp3) is 0.667. The predicted molar refractivity (Wildman–Crippen MR) is 53.3 cm³/mol. The van der Waals surface area contributed by atoms with E-state index in [1.807, 2.05) is 11.7 Å². The third kappa shape index (κ3) is 2.37. The van der Waals surface area contributed by atoms with Crippen molar-refractivity contribution in [2.75, 3.05) is 13.0 Å². The average molecular weight is 203 g/mol. The van der Waals surface area contributed by atoms with Crippen LogP contribution in [-0.2, 0) is 13.5 Å². The van der Waals surface area contributed by atoms with Crippen molar-refractivity contribution in [3.63, 3.8) is 0 Å². The van der Waals surface area contributed by atoms with Gasteiger partial charge < -0.3 is 4.74 Å². The minimum absolute atomic E-state index is 0.450. The van der Waals surface area contributed by atoms with Gasteiger partial charge in [0.15, 0.2) is 5.75 Å². The Morgan fingerprint density at radius 3 is 2.92 bits per heavy atom. The Bertz CT molecular complexity index is 273. The number of hydrogen-bond donors (Lipinski definition) is 0. The van der Waals surface area contributed by atoms with Gasteiger partial charge >= 0.3 is 0 Å². The summed E-state index contributed by atoms with van der Waals surface area (Å²) >= 11 is 5.75. The summed E-state index contributed by atoms with van der Waals surface area (Å²) in [6.45, 7) is 2.11. The highest BCUT2D eigenvalue weighted by Crippen LogP contribution is 2.20. The predicted octanol–water partition coefficient (Wildman–Crippen LogP) is 1.85. The number of hydrogen-bond acceptors (Lipinski definition) is 2. The molecule has 0 aliphatic carbocycles. The summed E-state index contributed by atoms with van der Waals surface area (Å²) in [4.78, 5) is 0. The molecule has 0 aromatic carbocycles. The summed E-state index contributed by atoms with van der Waals surface area (Å²) in [5.74, 6) is 1.96. The van der Waals surface area contributed by atoms with E-state index in [9.17, 15) is 0 Å². The maximum Gasteiger partial charge on any atom is 0.159 e. The molecule has 0 saturated heterocycles. The van der Waals surface area contributed by atoms with Gasteiger partial charge in [0.05, 0.1) is 19.0 Å². The van der Waals surface area contributed by atoms with E-state index >= 15 is 0 Å². The lowest BCUT2D eigenvalue weighted by molar-refractivity contribution is 0.404. The average Bonchev–Trinajstić information content (AvgIpc) is 2.48. The largest absolute Gasteiger partial charge is 0.493 e. The van der Waals surface area contributed by atoms with Crippen LogP contribution in [0.2, 0.25) is 0 Å². The third-order valence-electron chi connectivity index (χ3n) is 2.05. The van der Waals surface area contributed by atoms with Crippen LogP contribution in [0.3, 0.4) is 0 Å². The van der Waals surface area contributed by atoms with Crippen LogP contribution < -0.4 is 4.74 Å². The monoisotopic (exact) mass is 202 g/mol.